The molecule has 0 amide bonds. The van der Waals surface area contributed by atoms with Crippen molar-refractivity contribution >= 4 is 75.3 Å². The predicted molar refractivity (Wildman–Crippen MR) is 208 cm³/mol. The summed E-state index contributed by atoms with van der Waals surface area (Å²) in [5.41, 5.74) is 8.16. The summed E-state index contributed by atoms with van der Waals surface area (Å²) in [6, 6.07) is 48.1. The monoisotopic (exact) mass is 671 g/mol. The van der Waals surface area contributed by atoms with Gasteiger partial charge in [-0.15, -0.1) is 11.3 Å². The molecule has 11 aromatic rings. The fraction of sp³-hybridized carbons (Fsp3) is 0. The smallest absolute Gasteiger partial charge is 0.238 e. The molecule has 0 atom stereocenters. The molecule has 0 saturated carbocycles. The summed E-state index contributed by atoms with van der Waals surface area (Å²) in [7, 11) is 0. The maximum absolute atomic E-state index is 5.26. The minimum absolute atomic E-state index is 0.562. The Morgan fingerprint density at radius 2 is 1.04 bits per heavy atom. The van der Waals surface area contributed by atoms with E-state index in [1.807, 2.05) is 66.9 Å². The van der Waals surface area contributed by atoms with Crippen LogP contribution in [0.15, 0.2) is 152 Å². The number of fused-ring (bicyclic) bond motifs is 12. The molecule has 0 unspecified atom stereocenters. The molecule has 0 bridgehead atoms. The molecule has 0 aliphatic carbocycles. The van der Waals surface area contributed by atoms with Crippen LogP contribution in [0.4, 0.5) is 0 Å². The normalized spacial score (nSPS) is 11.9. The van der Waals surface area contributed by atoms with Crippen molar-refractivity contribution in [3.8, 4) is 34.4 Å². The van der Waals surface area contributed by atoms with E-state index in [-0.39, 0.29) is 0 Å². The molecule has 0 aliphatic rings. The third kappa shape index (κ3) is 4.08. The second-order valence-electron chi connectivity index (χ2n) is 12.5. The maximum Gasteiger partial charge on any atom is 0.238 e. The van der Waals surface area contributed by atoms with E-state index >= 15 is 0 Å². The largest absolute Gasteiger partial charge is 0.308 e. The number of rotatable bonds is 4. The highest BCUT2D eigenvalue weighted by molar-refractivity contribution is 7.27. The van der Waals surface area contributed by atoms with Crippen LogP contribution in [-0.4, -0.2) is 34.1 Å². The number of hydrogen-bond acceptors (Lipinski definition) is 6. The van der Waals surface area contributed by atoms with Crippen LogP contribution in [0.3, 0.4) is 0 Å². The minimum atomic E-state index is 0.562. The van der Waals surface area contributed by atoms with Gasteiger partial charge in [0.25, 0.3) is 0 Å². The average molecular weight is 672 g/mol. The highest BCUT2D eigenvalue weighted by Crippen LogP contribution is 2.50. The summed E-state index contributed by atoms with van der Waals surface area (Å²) >= 11 is 1.74. The predicted octanol–water partition coefficient (Wildman–Crippen LogP) is 10.6. The molecule has 5 heterocycles. The van der Waals surface area contributed by atoms with Gasteiger partial charge in [-0.2, -0.15) is 9.97 Å². The molecule has 0 spiro atoms. The molecular formula is C43H25N7S. The number of aromatic nitrogens is 7. The topological polar surface area (TPSA) is 74.3 Å². The molecule has 6 aromatic carbocycles. The Morgan fingerprint density at radius 1 is 0.490 bits per heavy atom. The lowest BCUT2D eigenvalue weighted by Crippen LogP contribution is -2.06. The van der Waals surface area contributed by atoms with E-state index in [1.165, 1.54) is 0 Å². The second-order valence-corrected chi connectivity index (χ2v) is 13.6. The van der Waals surface area contributed by atoms with Crippen LogP contribution in [0.25, 0.3) is 98.3 Å². The van der Waals surface area contributed by atoms with Crippen molar-refractivity contribution in [3.63, 3.8) is 0 Å². The molecule has 8 heteroatoms. The molecule has 11 rings (SSSR count). The van der Waals surface area contributed by atoms with Crippen molar-refractivity contribution in [2.75, 3.05) is 0 Å². The first-order valence-electron chi connectivity index (χ1n) is 16.8. The molecule has 51 heavy (non-hydrogen) atoms. The first-order valence-corrected chi connectivity index (χ1v) is 17.6. The molecule has 0 fully saturated rings. The summed E-state index contributed by atoms with van der Waals surface area (Å²) in [6.45, 7) is 0. The van der Waals surface area contributed by atoms with Crippen LogP contribution < -0.4 is 0 Å². The van der Waals surface area contributed by atoms with E-state index < -0.39 is 0 Å². The van der Waals surface area contributed by atoms with Gasteiger partial charge >= 0.3 is 0 Å². The van der Waals surface area contributed by atoms with Crippen LogP contribution in [0.2, 0.25) is 0 Å². The zero-order valence-electron chi connectivity index (χ0n) is 27.0. The van der Waals surface area contributed by atoms with Gasteiger partial charge in [0.15, 0.2) is 11.6 Å². The van der Waals surface area contributed by atoms with Crippen molar-refractivity contribution in [3.05, 3.63) is 152 Å². The minimum Gasteiger partial charge on any atom is -0.308 e. The standard InChI is InChI=1S/C43H25N7S/c1-4-14-26(15-5-1)41-46-42(27-16-6-2-7-17-27)48-43(47-41)50-32-23-13-11-21-30(32)35-38(50)34-29-20-10-12-22-31(29)49(28-18-8-3-9-19-28)39(34)36-37-33(51-40(35)36)24-44-25-45-37/h1-25H. The van der Waals surface area contributed by atoms with E-state index in [1.54, 1.807) is 17.7 Å². The molecule has 238 valence electrons. The summed E-state index contributed by atoms with van der Waals surface area (Å²) in [5, 5.41) is 5.65. The van der Waals surface area contributed by atoms with E-state index in [9.17, 15) is 0 Å². The van der Waals surface area contributed by atoms with Crippen molar-refractivity contribution in [2.45, 2.75) is 0 Å². The van der Waals surface area contributed by atoms with Crippen LogP contribution in [-0.2, 0) is 0 Å². The fourth-order valence-corrected chi connectivity index (χ4v) is 8.81. The summed E-state index contributed by atoms with van der Waals surface area (Å²) in [4.78, 5) is 24.9. The van der Waals surface area contributed by atoms with Gasteiger partial charge in [-0.05, 0) is 24.3 Å². The zero-order valence-corrected chi connectivity index (χ0v) is 27.8. The number of thiophene rings is 1. The Labute approximate surface area is 294 Å². The van der Waals surface area contributed by atoms with Crippen molar-refractivity contribution in [1.29, 1.82) is 0 Å². The lowest BCUT2D eigenvalue weighted by molar-refractivity contribution is 0.955. The zero-order chi connectivity index (χ0) is 33.5. The van der Waals surface area contributed by atoms with Crippen LogP contribution >= 0.6 is 11.3 Å². The van der Waals surface area contributed by atoms with Gasteiger partial charge in [0, 0.05) is 54.6 Å². The van der Waals surface area contributed by atoms with Gasteiger partial charge in [0.05, 0.1) is 32.3 Å². The number of benzene rings is 6. The summed E-state index contributed by atoms with van der Waals surface area (Å²) < 4.78 is 6.84. The van der Waals surface area contributed by atoms with Crippen LogP contribution in [0.5, 0.6) is 0 Å². The third-order valence-electron chi connectivity index (χ3n) is 9.71. The van der Waals surface area contributed by atoms with E-state index in [0.717, 1.165) is 80.7 Å². The quantitative estimate of drug-likeness (QED) is 0.186. The Morgan fingerprint density at radius 3 is 1.71 bits per heavy atom. The Hall–Kier alpha value is -6.77. The van der Waals surface area contributed by atoms with E-state index in [2.05, 4.69) is 93.0 Å². The molecule has 7 nitrogen and oxygen atoms in total. The SMILES string of the molecule is c1ccc(-c2nc(-c3ccccc3)nc(-n3c4ccccc4c4c5sc6cncnc6c5c5c(c6ccccc6n5-c5ccccc5)c43)n2)cc1. The lowest BCUT2D eigenvalue weighted by Gasteiger charge is -2.12. The van der Waals surface area contributed by atoms with Crippen molar-refractivity contribution in [1.82, 2.24) is 34.1 Å². The van der Waals surface area contributed by atoms with Gasteiger partial charge in [0.2, 0.25) is 5.95 Å². The highest BCUT2D eigenvalue weighted by atomic mass is 32.1. The summed E-state index contributed by atoms with van der Waals surface area (Å²) in [5.74, 6) is 1.80. The van der Waals surface area contributed by atoms with Crippen molar-refractivity contribution in [2.24, 2.45) is 0 Å². The number of nitrogens with zero attached hydrogens (tertiary/aromatic N) is 7. The van der Waals surface area contributed by atoms with Gasteiger partial charge in [-0.3, -0.25) is 4.57 Å². The average Bonchev–Trinajstić information content (AvgIpc) is 3.87. The molecule has 0 aliphatic heterocycles. The second kappa shape index (κ2) is 10.9. The van der Waals surface area contributed by atoms with Gasteiger partial charge in [-0.25, -0.2) is 15.0 Å². The van der Waals surface area contributed by atoms with E-state index in [0.29, 0.717) is 17.6 Å². The lowest BCUT2D eigenvalue weighted by atomic mass is 10.0. The third-order valence-corrected chi connectivity index (χ3v) is 10.8. The van der Waals surface area contributed by atoms with Crippen LogP contribution in [0, 0.1) is 0 Å². The molecular weight excluding hydrogens is 647 g/mol. The van der Waals surface area contributed by atoms with Crippen molar-refractivity contribution < 1.29 is 0 Å². The molecule has 5 aromatic heterocycles. The van der Waals surface area contributed by atoms with Crippen LogP contribution in [0.1, 0.15) is 0 Å². The highest BCUT2D eigenvalue weighted by Gasteiger charge is 2.28. The number of hydrogen-bond donors (Lipinski definition) is 0. The van der Waals surface area contributed by atoms with E-state index in [4.69, 9.17) is 19.9 Å². The number of para-hydroxylation sites is 3. The van der Waals surface area contributed by atoms with Gasteiger partial charge in [-0.1, -0.05) is 115 Å². The molecule has 0 N–H and O–H groups in total. The summed E-state index contributed by atoms with van der Waals surface area (Å²) in [6.07, 6.45) is 3.59. The van der Waals surface area contributed by atoms with Gasteiger partial charge in [0.1, 0.15) is 6.33 Å². The molecule has 0 saturated heterocycles. The maximum atomic E-state index is 5.26. The first kappa shape index (κ1) is 28.1. The molecule has 0 radical (unpaired) electrons. The Balaban J connectivity index is 1.41. The first-order chi connectivity index (χ1) is 25.3. The fourth-order valence-electron chi connectivity index (χ4n) is 7.62. The van der Waals surface area contributed by atoms with Gasteiger partial charge < -0.3 is 4.57 Å². The Bertz CT molecular complexity index is 3070. The Kier molecular flexibility index (Phi) is 5.99.